The summed E-state index contributed by atoms with van der Waals surface area (Å²) in [7, 11) is 0. The van der Waals surface area contributed by atoms with Crippen molar-refractivity contribution < 1.29 is 4.39 Å². The molecule has 0 saturated heterocycles. The molecule has 88 valence electrons. The molecule has 0 spiro atoms. The first-order valence-electron chi connectivity index (χ1n) is 6.07. The highest BCUT2D eigenvalue weighted by Gasteiger charge is 2.20. The number of fused-ring (bicyclic) bond motifs is 1. The first-order valence-corrected chi connectivity index (χ1v) is 6.07. The van der Waals surface area contributed by atoms with Crippen LogP contribution in [0.15, 0.2) is 30.5 Å². The second-order valence-electron chi connectivity index (χ2n) is 4.71. The molecule has 1 aromatic heterocycles. The van der Waals surface area contributed by atoms with Gasteiger partial charge in [0.2, 0.25) is 0 Å². The summed E-state index contributed by atoms with van der Waals surface area (Å²) in [6.07, 6.45) is 4.38. The summed E-state index contributed by atoms with van der Waals surface area (Å²) in [4.78, 5) is 4.49. The summed E-state index contributed by atoms with van der Waals surface area (Å²) >= 11 is 0. The number of benzene rings is 1. The number of hydrogen-bond donors (Lipinski definition) is 0. The van der Waals surface area contributed by atoms with Gasteiger partial charge in [-0.1, -0.05) is 6.92 Å². The molecule has 2 aromatic rings. The molecule has 1 aliphatic heterocycles. The molecule has 3 heteroatoms. The lowest BCUT2D eigenvalue weighted by molar-refractivity contribution is 0.478. The van der Waals surface area contributed by atoms with Crippen LogP contribution >= 0.6 is 0 Å². The lowest BCUT2D eigenvalue weighted by atomic mass is 9.98. The van der Waals surface area contributed by atoms with E-state index < -0.39 is 0 Å². The minimum absolute atomic E-state index is 0.201. The molecule has 0 amide bonds. The zero-order chi connectivity index (χ0) is 11.8. The Morgan fingerprint density at radius 1 is 1.29 bits per heavy atom. The third kappa shape index (κ3) is 1.75. The van der Waals surface area contributed by atoms with Crippen LogP contribution in [0.1, 0.15) is 31.4 Å². The van der Waals surface area contributed by atoms with Gasteiger partial charge in [0, 0.05) is 24.0 Å². The van der Waals surface area contributed by atoms with Crippen molar-refractivity contribution in [2.75, 3.05) is 0 Å². The van der Waals surface area contributed by atoms with E-state index in [1.54, 1.807) is 12.1 Å². The lowest BCUT2D eigenvalue weighted by Gasteiger charge is -2.22. The normalized spacial score (nSPS) is 19.1. The fraction of sp³-hybridized carbons (Fsp3) is 0.357. The molecule has 1 aliphatic rings. The van der Waals surface area contributed by atoms with E-state index in [-0.39, 0.29) is 5.82 Å². The SMILES string of the molecule is CC1CCCn2c1cnc2-c1ccc(F)cc1. The molecule has 1 atom stereocenters. The molecule has 1 unspecified atom stereocenters. The van der Waals surface area contributed by atoms with Gasteiger partial charge in [-0.2, -0.15) is 0 Å². The first kappa shape index (κ1) is 10.5. The molecule has 1 aromatic carbocycles. The minimum Gasteiger partial charge on any atom is -0.328 e. The standard InChI is InChI=1S/C14H15FN2/c1-10-3-2-8-17-13(10)9-16-14(17)11-4-6-12(15)7-5-11/h4-7,9-10H,2-3,8H2,1H3. The molecule has 3 rings (SSSR count). The quantitative estimate of drug-likeness (QED) is 0.732. The third-order valence-electron chi connectivity index (χ3n) is 3.51. The van der Waals surface area contributed by atoms with Crippen LogP contribution in [0.25, 0.3) is 11.4 Å². The van der Waals surface area contributed by atoms with Crippen LogP contribution in [-0.2, 0) is 6.54 Å². The van der Waals surface area contributed by atoms with Crippen molar-refractivity contribution in [1.29, 1.82) is 0 Å². The monoisotopic (exact) mass is 230 g/mol. The second kappa shape index (κ2) is 3.99. The molecular weight excluding hydrogens is 215 g/mol. The average molecular weight is 230 g/mol. The highest BCUT2D eigenvalue weighted by Crippen LogP contribution is 2.31. The predicted molar refractivity (Wildman–Crippen MR) is 65.3 cm³/mol. The topological polar surface area (TPSA) is 17.8 Å². The second-order valence-corrected chi connectivity index (χ2v) is 4.71. The van der Waals surface area contributed by atoms with Crippen LogP contribution in [-0.4, -0.2) is 9.55 Å². The Hall–Kier alpha value is -1.64. The maximum absolute atomic E-state index is 12.9. The number of rotatable bonds is 1. The van der Waals surface area contributed by atoms with Crippen molar-refractivity contribution in [3.63, 3.8) is 0 Å². The van der Waals surface area contributed by atoms with Gasteiger partial charge >= 0.3 is 0 Å². The summed E-state index contributed by atoms with van der Waals surface area (Å²) in [5, 5.41) is 0. The summed E-state index contributed by atoms with van der Waals surface area (Å²) in [6, 6.07) is 6.57. The number of nitrogens with zero attached hydrogens (tertiary/aromatic N) is 2. The molecule has 2 heterocycles. The highest BCUT2D eigenvalue weighted by molar-refractivity contribution is 5.56. The van der Waals surface area contributed by atoms with Crippen LogP contribution in [0, 0.1) is 5.82 Å². The highest BCUT2D eigenvalue weighted by atomic mass is 19.1. The Balaban J connectivity index is 2.07. The van der Waals surface area contributed by atoms with Gasteiger partial charge in [-0.25, -0.2) is 9.37 Å². The molecule has 0 radical (unpaired) electrons. The van der Waals surface area contributed by atoms with Gasteiger partial charge in [-0.15, -0.1) is 0 Å². The summed E-state index contributed by atoms with van der Waals surface area (Å²) in [5.41, 5.74) is 2.29. The lowest BCUT2D eigenvalue weighted by Crippen LogP contribution is -2.13. The Morgan fingerprint density at radius 2 is 2.06 bits per heavy atom. The Bertz CT molecular complexity index is 528. The molecule has 17 heavy (non-hydrogen) atoms. The van der Waals surface area contributed by atoms with Crippen LogP contribution < -0.4 is 0 Å². The van der Waals surface area contributed by atoms with E-state index >= 15 is 0 Å². The van der Waals surface area contributed by atoms with Crippen LogP contribution in [0.2, 0.25) is 0 Å². The van der Waals surface area contributed by atoms with Gasteiger partial charge < -0.3 is 4.57 Å². The van der Waals surface area contributed by atoms with Gasteiger partial charge in [-0.3, -0.25) is 0 Å². The molecule has 0 fully saturated rings. The minimum atomic E-state index is -0.201. The fourth-order valence-electron chi connectivity index (χ4n) is 2.55. The largest absolute Gasteiger partial charge is 0.328 e. The average Bonchev–Trinajstić information content (AvgIpc) is 2.75. The zero-order valence-corrected chi connectivity index (χ0v) is 9.86. The van der Waals surface area contributed by atoms with Crippen LogP contribution in [0.4, 0.5) is 4.39 Å². The van der Waals surface area contributed by atoms with E-state index in [9.17, 15) is 4.39 Å². The predicted octanol–water partition coefficient (Wildman–Crippen LogP) is 3.59. The van der Waals surface area contributed by atoms with Crippen molar-refractivity contribution >= 4 is 0 Å². The van der Waals surface area contributed by atoms with Gasteiger partial charge in [0.15, 0.2) is 0 Å². The van der Waals surface area contributed by atoms with Gasteiger partial charge in [0.1, 0.15) is 11.6 Å². The molecule has 0 bridgehead atoms. The smallest absolute Gasteiger partial charge is 0.140 e. The van der Waals surface area contributed by atoms with Crippen LogP contribution in [0.5, 0.6) is 0 Å². The van der Waals surface area contributed by atoms with Gasteiger partial charge in [0.25, 0.3) is 0 Å². The van der Waals surface area contributed by atoms with Crippen molar-refractivity contribution in [2.24, 2.45) is 0 Å². The maximum atomic E-state index is 12.9. The molecule has 2 nitrogen and oxygen atoms in total. The molecular formula is C14H15FN2. The number of imidazole rings is 1. The number of hydrogen-bond acceptors (Lipinski definition) is 1. The Labute approximate surface area is 100 Å². The Morgan fingerprint density at radius 3 is 2.82 bits per heavy atom. The van der Waals surface area contributed by atoms with E-state index in [1.165, 1.54) is 30.7 Å². The van der Waals surface area contributed by atoms with Gasteiger partial charge in [-0.05, 0) is 43.0 Å². The number of halogens is 1. The van der Waals surface area contributed by atoms with E-state index in [2.05, 4.69) is 16.5 Å². The fourth-order valence-corrected chi connectivity index (χ4v) is 2.55. The molecule has 0 saturated carbocycles. The first-order chi connectivity index (χ1) is 8.25. The van der Waals surface area contributed by atoms with Crippen LogP contribution in [0.3, 0.4) is 0 Å². The van der Waals surface area contributed by atoms with Crippen molar-refractivity contribution in [1.82, 2.24) is 9.55 Å². The number of aromatic nitrogens is 2. The zero-order valence-electron chi connectivity index (χ0n) is 9.86. The summed E-state index contributed by atoms with van der Waals surface area (Å²) < 4.78 is 15.2. The molecule has 0 aliphatic carbocycles. The maximum Gasteiger partial charge on any atom is 0.140 e. The van der Waals surface area contributed by atoms with E-state index in [0.29, 0.717) is 5.92 Å². The van der Waals surface area contributed by atoms with E-state index in [1.807, 2.05) is 6.20 Å². The van der Waals surface area contributed by atoms with Crippen molar-refractivity contribution in [3.05, 3.63) is 42.0 Å². The molecule has 0 N–H and O–H groups in total. The summed E-state index contributed by atoms with van der Waals surface area (Å²) in [5.74, 6) is 1.34. The van der Waals surface area contributed by atoms with E-state index in [0.717, 1.165) is 17.9 Å². The summed E-state index contributed by atoms with van der Waals surface area (Å²) in [6.45, 7) is 3.26. The van der Waals surface area contributed by atoms with Crippen molar-refractivity contribution in [3.8, 4) is 11.4 Å². The van der Waals surface area contributed by atoms with E-state index in [4.69, 9.17) is 0 Å². The third-order valence-corrected chi connectivity index (χ3v) is 3.51. The van der Waals surface area contributed by atoms with Gasteiger partial charge in [0.05, 0.1) is 0 Å². The Kier molecular flexibility index (Phi) is 2.46. The van der Waals surface area contributed by atoms with Crippen molar-refractivity contribution in [2.45, 2.75) is 32.2 Å².